The fourth-order valence-electron chi connectivity index (χ4n) is 3.71. The highest BCUT2D eigenvalue weighted by Gasteiger charge is 2.35. The third-order valence-electron chi connectivity index (χ3n) is 5.24. The van der Waals surface area contributed by atoms with Gasteiger partial charge >= 0.3 is 12.0 Å². The summed E-state index contributed by atoms with van der Waals surface area (Å²) in [5.41, 5.74) is 3.68. The lowest BCUT2D eigenvalue weighted by Gasteiger charge is -2.27. The number of rotatable bonds is 7. The summed E-state index contributed by atoms with van der Waals surface area (Å²) in [6.45, 7) is 5.73. The maximum absolute atomic E-state index is 12.6. The van der Waals surface area contributed by atoms with Crippen LogP contribution in [0.4, 0.5) is 4.79 Å². The van der Waals surface area contributed by atoms with Crippen LogP contribution in [-0.4, -0.2) is 35.5 Å². The first-order chi connectivity index (χ1) is 16.0. The third kappa shape index (κ3) is 4.50. The summed E-state index contributed by atoms with van der Waals surface area (Å²) in [4.78, 5) is 24.9. The predicted octanol–water partition coefficient (Wildman–Crippen LogP) is 3.91. The van der Waals surface area contributed by atoms with E-state index < -0.39 is 18.0 Å². The second-order valence-electron chi connectivity index (χ2n) is 7.40. The molecule has 2 N–H and O–H groups in total. The summed E-state index contributed by atoms with van der Waals surface area (Å²) < 4.78 is 12.3. The molecule has 0 saturated heterocycles. The number of allylic oxidation sites excluding steroid dienone is 1. The number of aromatic nitrogens is 2. The van der Waals surface area contributed by atoms with Crippen LogP contribution in [0.3, 0.4) is 0 Å². The van der Waals surface area contributed by atoms with Gasteiger partial charge in [-0.25, -0.2) is 14.3 Å². The van der Waals surface area contributed by atoms with Gasteiger partial charge in [0.25, 0.3) is 0 Å². The van der Waals surface area contributed by atoms with Gasteiger partial charge in [-0.3, -0.25) is 0 Å². The van der Waals surface area contributed by atoms with Gasteiger partial charge in [0.05, 0.1) is 30.1 Å². The molecule has 1 aliphatic rings. The molecule has 1 atom stereocenters. The summed E-state index contributed by atoms with van der Waals surface area (Å²) in [6, 6.07) is 15.9. The SMILES string of the molecule is C=CCOc1ccc(-c2nn(-c3ccccc3)cc2[C@H]2NC(=O)NC(C)=C2C(=O)OC)cc1. The van der Waals surface area contributed by atoms with Crippen LogP contribution in [0.25, 0.3) is 16.9 Å². The van der Waals surface area contributed by atoms with Crippen molar-refractivity contribution in [1.82, 2.24) is 20.4 Å². The molecule has 3 aromatic rings. The molecule has 0 spiro atoms. The molecule has 0 unspecified atom stereocenters. The second kappa shape index (κ2) is 9.44. The van der Waals surface area contributed by atoms with E-state index >= 15 is 0 Å². The number of methoxy groups -OCH3 is 1. The van der Waals surface area contributed by atoms with Gasteiger partial charge in [0, 0.05) is 23.0 Å². The highest BCUT2D eigenvalue weighted by atomic mass is 16.5. The summed E-state index contributed by atoms with van der Waals surface area (Å²) in [6.07, 6.45) is 3.50. The Morgan fingerprint density at radius 3 is 2.58 bits per heavy atom. The van der Waals surface area contributed by atoms with Crippen LogP contribution in [-0.2, 0) is 9.53 Å². The topological polar surface area (TPSA) is 94.5 Å². The van der Waals surface area contributed by atoms with Crippen molar-refractivity contribution in [2.75, 3.05) is 13.7 Å². The average molecular weight is 444 g/mol. The van der Waals surface area contributed by atoms with E-state index in [1.165, 1.54) is 7.11 Å². The van der Waals surface area contributed by atoms with Crippen molar-refractivity contribution in [3.8, 4) is 22.7 Å². The fourth-order valence-corrected chi connectivity index (χ4v) is 3.71. The predicted molar refractivity (Wildman–Crippen MR) is 124 cm³/mol. The van der Waals surface area contributed by atoms with E-state index in [2.05, 4.69) is 17.2 Å². The number of nitrogens with one attached hydrogen (secondary N) is 2. The zero-order valence-electron chi connectivity index (χ0n) is 18.4. The molecule has 33 heavy (non-hydrogen) atoms. The van der Waals surface area contributed by atoms with E-state index in [4.69, 9.17) is 14.6 Å². The lowest BCUT2D eigenvalue weighted by Crippen LogP contribution is -2.45. The summed E-state index contributed by atoms with van der Waals surface area (Å²) >= 11 is 0. The highest BCUT2D eigenvalue weighted by Crippen LogP contribution is 2.35. The van der Waals surface area contributed by atoms with Crippen LogP contribution >= 0.6 is 0 Å². The Kier molecular flexibility index (Phi) is 6.26. The molecule has 0 bridgehead atoms. The number of urea groups is 1. The second-order valence-corrected chi connectivity index (χ2v) is 7.40. The number of esters is 1. The van der Waals surface area contributed by atoms with Crippen molar-refractivity contribution in [2.45, 2.75) is 13.0 Å². The van der Waals surface area contributed by atoms with Gasteiger partial charge < -0.3 is 20.1 Å². The van der Waals surface area contributed by atoms with Crippen LogP contribution in [0.15, 0.2) is 84.7 Å². The molecular formula is C25H24N4O4. The van der Waals surface area contributed by atoms with Gasteiger partial charge in [-0.05, 0) is 43.3 Å². The van der Waals surface area contributed by atoms with Gasteiger partial charge in [0.15, 0.2) is 0 Å². The minimum absolute atomic E-state index is 0.317. The quantitative estimate of drug-likeness (QED) is 0.426. The van der Waals surface area contributed by atoms with E-state index in [0.29, 0.717) is 34.9 Å². The van der Waals surface area contributed by atoms with Gasteiger partial charge in [-0.2, -0.15) is 5.10 Å². The van der Waals surface area contributed by atoms with E-state index in [-0.39, 0.29) is 0 Å². The number of para-hydroxylation sites is 1. The van der Waals surface area contributed by atoms with Gasteiger partial charge in [0.2, 0.25) is 0 Å². The van der Waals surface area contributed by atoms with Crippen molar-refractivity contribution in [3.05, 3.63) is 90.3 Å². The molecule has 4 rings (SSSR count). The first kappa shape index (κ1) is 21.9. The van der Waals surface area contributed by atoms with E-state index in [1.807, 2.05) is 60.8 Å². The number of nitrogens with zero attached hydrogens (tertiary/aromatic N) is 2. The lowest BCUT2D eigenvalue weighted by molar-refractivity contribution is -0.136. The highest BCUT2D eigenvalue weighted by molar-refractivity contribution is 5.95. The molecule has 2 amide bonds. The fraction of sp³-hybridized carbons (Fsp3) is 0.160. The lowest BCUT2D eigenvalue weighted by atomic mass is 9.94. The van der Waals surface area contributed by atoms with Gasteiger partial charge in [-0.1, -0.05) is 30.9 Å². The molecule has 1 aromatic heterocycles. The minimum atomic E-state index is -0.740. The molecule has 1 aliphatic heterocycles. The summed E-state index contributed by atoms with van der Waals surface area (Å²) in [5.74, 6) is 0.167. The van der Waals surface area contributed by atoms with Crippen LogP contribution in [0.2, 0.25) is 0 Å². The van der Waals surface area contributed by atoms with E-state index in [0.717, 1.165) is 11.3 Å². The minimum Gasteiger partial charge on any atom is -0.490 e. The molecule has 0 fully saturated rings. The normalized spacial score (nSPS) is 15.5. The zero-order valence-corrected chi connectivity index (χ0v) is 18.4. The Morgan fingerprint density at radius 2 is 1.91 bits per heavy atom. The number of benzene rings is 2. The van der Waals surface area contributed by atoms with Crippen LogP contribution in [0, 0.1) is 0 Å². The van der Waals surface area contributed by atoms with Crippen LogP contribution in [0.5, 0.6) is 5.75 Å². The molecule has 0 radical (unpaired) electrons. The van der Waals surface area contributed by atoms with Crippen molar-refractivity contribution < 1.29 is 19.1 Å². The number of hydrogen-bond acceptors (Lipinski definition) is 5. The smallest absolute Gasteiger partial charge is 0.337 e. The molecule has 168 valence electrons. The van der Waals surface area contributed by atoms with Crippen molar-refractivity contribution in [1.29, 1.82) is 0 Å². The maximum atomic E-state index is 12.6. The number of hydrogen-bond donors (Lipinski definition) is 2. The zero-order chi connectivity index (χ0) is 23.4. The Balaban J connectivity index is 1.85. The summed E-state index contributed by atoms with van der Waals surface area (Å²) in [7, 11) is 1.31. The Morgan fingerprint density at radius 1 is 1.18 bits per heavy atom. The van der Waals surface area contributed by atoms with Crippen molar-refractivity contribution in [2.24, 2.45) is 0 Å². The first-order valence-electron chi connectivity index (χ1n) is 10.4. The largest absolute Gasteiger partial charge is 0.490 e. The van der Waals surface area contributed by atoms with Crippen LogP contribution < -0.4 is 15.4 Å². The Labute approximate surface area is 191 Å². The third-order valence-corrected chi connectivity index (χ3v) is 5.24. The van der Waals surface area contributed by atoms with Crippen LogP contribution in [0.1, 0.15) is 18.5 Å². The van der Waals surface area contributed by atoms with E-state index in [9.17, 15) is 9.59 Å². The van der Waals surface area contributed by atoms with Crippen molar-refractivity contribution in [3.63, 3.8) is 0 Å². The van der Waals surface area contributed by atoms with Gasteiger partial charge in [0.1, 0.15) is 12.4 Å². The Bertz CT molecular complexity index is 1210. The van der Waals surface area contributed by atoms with E-state index in [1.54, 1.807) is 17.7 Å². The van der Waals surface area contributed by atoms with Gasteiger partial charge in [-0.15, -0.1) is 0 Å². The first-order valence-corrected chi connectivity index (χ1v) is 10.4. The average Bonchev–Trinajstić information content (AvgIpc) is 3.28. The van der Waals surface area contributed by atoms with Crippen molar-refractivity contribution >= 4 is 12.0 Å². The molecule has 8 heteroatoms. The number of ether oxygens (including phenoxy) is 2. The molecule has 2 heterocycles. The summed E-state index contributed by atoms with van der Waals surface area (Å²) in [5, 5.41) is 10.3. The molecule has 8 nitrogen and oxygen atoms in total. The number of carbonyl (C=O) groups is 2. The molecule has 0 aliphatic carbocycles. The number of amides is 2. The molecular weight excluding hydrogens is 420 g/mol. The Hall–Kier alpha value is -4.33. The standard InChI is InChI=1S/C25H24N4O4/c1-4-14-33-19-12-10-17(11-13-19)22-20(15-29(28-22)18-8-6-5-7-9-18)23-21(24(30)32-3)16(2)26-25(31)27-23/h4-13,15,23H,1,14H2,2-3H3,(H2,26,27,31)/t23-/m1/s1. The molecule has 0 saturated carbocycles. The number of carbonyl (C=O) groups excluding carboxylic acids is 2. The monoisotopic (exact) mass is 444 g/mol. The molecule has 2 aromatic carbocycles. The maximum Gasteiger partial charge on any atom is 0.337 e.